The molecule has 0 aromatic heterocycles. The number of carboxylic acid groups (broad SMARTS) is 1. The standard InChI is InChI=1S/C25H25F3N2O5/c26-25(27,28)21(23(32)33)30-22(31)14-6-5-7-15(12-14)29-24(34)35-13-20-18-10-3-1-8-16(18)17-9-2-4-11-19(17)20/h1-4,8-11,14-15,20-21H,5-7,12-13H2,(H,29,34)(H,30,31)(H,32,33)/t14-,15-,21?/m1/s1. The summed E-state index contributed by atoms with van der Waals surface area (Å²) in [6, 6.07) is 12.4. The lowest BCUT2D eigenvalue weighted by Gasteiger charge is -2.30. The lowest BCUT2D eigenvalue weighted by Crippen LogP contribution is -2.53. The number of carbonyl (C=O) groups is 3. The summed E-state index contributed by atoms with van der Waals surface area (Å²) in [4.78, 5) is 35.7. The normalized spacial score (nSPS) is 20.3. The Morgan fingerprint density at radius 3 is 2.17 bits per heavy atom. The molecule has 4 rings (SSSR count). The summed E-state index contributed by atoms with van der Waals surface area (Å²) in [5, 5.41) is 13.1. The Morgan fingerprint density at radius 1 is 1.00 bits per heavy atom. The van der Waals surface area contributed by atoms with E-state index >= 15 is 0 Å². The quantitative estimate of drug-likeness (QED) is 0.563. The van der Waals surface area contributed by atoms with Crippen molar-refractivity contribution in [3.8, 4) is 11.1 Å². The molecule has 0 radical (unpaired) electrons. The van der Waals surface area contributed by atoms with Gasteiger partial charge in [0.2, 0.25) is 11.9 Å². The van der Waals surface area contributed by atoms with Crippen LogP contribution < -0.4 is 10.6 Å². The van der Waals surface area contributed by atoms with E-state index in [-0.39, 0.29) is 18.9 Å². The van der Waals surface area contributed by atoms with Crippen molar-refractivity contribution in [2.45, 2.75) is 49.9 Å². The van der Waals surface area contributed by atoms with Crippen LogP contribution in [0.3, 0.4) is 0 Å². The number of alkyl halides is 3. The molecular weight excluding hydrogens is 465 g/mol. The highest BCUT2D eigenvalue weighted by Crippen LogP contribution is 2.44. The number of hydrogen-bond donors (Lipinski definition) is 3. The van der Waals surface area contributed by atoms with E-state index in [4.69, 9.17) is 9.84 Å². The first-order valence-electron chi connectivity index (χ1n) is 11.4. The minimum atomic E-state index is -5.10. The molecule has 3 N–H and O–H groups in total. The number of nitrogens with one attached hydrogen (secondary N) is 2. The van der Waals surface area contributed by atoms with Crippen molar-refractivity contribution in [1.29, 1.82) is 0 Å². The van der Waals surface area contributed by atoms with Crippen molar-refractivity contribution in [1.82, 2.24) is 10.6 Å². The van der Waals surface area contributed by atoms with Gasteiger partial charge in [0.1, 0.15) is 6.61 Å². The molecule has 10 heteroatoms. The molecular formula is C25H25F3N2O5. The smallest absolute Gasteiger partial charge is 0.419 e. The van der Waals surface area contributed by atoms with Gasteiger partial charge in [-0.2, -0.15) is 13.2 Å². The Morgan fingerprint density at radius 2 is 1.60 bits per heavy atom. The number of alkyl carbamates (subject to hydrolysis) is 1. The molecule has 1 unspecified atom stereocenters. The summed E-state index contributed by atoms with van der Waals surface area (Å²) in [5.74, 6) is -4.12. The summed E-state index contributed by atoms with van der Waals surface area (Å²) in [6.07, 6.45) is -4.34. The highest BCUT2D eigenvalue weighted by atomic mass is 19.4. The van der Waals surface area contributed by atoms with Crippen LogP contribution in [0.5, 0.6) is 0 Å². The minimum absolute atomic E-state index is 0.0974. The van der Waals surface area contributed by atoms with Gasteiger partial charge in [-0.05, 0) is 41.5 Å². The summed E-state index contributed by atoms with van der Waals surface area (Å²) in [6.45, 7) is 0.113. The van der Waals surface area contributed by atoms with Crippen LogP contribution in [0.15, 0.2) is 48.5 Å². The van der Waals surface area contributed by atoms with Gasteiger partial charge in [-0.3, -0.25) is 4.79 Å². The van der Waals surface area contributed by atoms with Crippen LogP contribution in [0, 0.1) is 5.92 Å². The lowest BCUT2D eigenvalue weighted by molar-refractivity contribution is -0.182. The number of carbonyl (C=O) groups excluding carboxylic acids is 2. The summed E-state index contributed by atoms with van der Waals surface area (Å²) in [7, 11) is 0. The van der Waals surface area contributed by atoms with E-state index in [0.29, 0.717) is 19.3 Å². The molecule has 0 aliphatic heterocycles. The van der Waals surface area contributed by atoms with E-state index in [1.807, 2.05) is 48.5 Å². The SMILES string of the molecule is O=C(N[C@@H]1CCC[C@@H](C(=O)NC(C(=O)O)C(F)(F)F)C1)OCC1c2ccccc2-c2ccccc21. The van der Waals surface area contributed by atoms with Gasteiger partial charge in [-0.25, -0.2) is 9.59 Å². The first-order chi connectivity index (χ1) is 16.6. The minimum Gasteiger partial charge on any atom is -0.479 e. The van der Waals surface area contributed by atoms with Crippen LogP contribution in [0.25, 0.3) is 11.1 Å². The van der Waals surface area contributed by atoms with E-state index in [0.717, 1.165) is 22.3 Å². The molecule has 3 atom stereocenters. The van der Waals surface area contributed by atoms with E-state index in [1.165, 1.54) is 0 Å². The van der Waals surface area contributed by atoms with Gasteiger partial charge in [-0.15, -0.1) is 0 Å². The molecule has 35 heavy (non-hydrogen) atoms. The molecule has 0 saturated heterocycles. The molecule has 2 amide bonds. The van der Waals surface area contributed by atoms with Gasteiger partial charge in [0.15, 0.2) is 0 Å². The topological polar surface area (TPSA) is 105 Å². The van der Waals surface area contributed by atoms with Gasteiger partial charge in [0, 0.05) is 17.9 Å². The van der Waals surface area contributed by atoms with Gasteiger partial charge >= 0.3 is 18.2 Å². The van der Waals surface area contributed by atoms with Crippen LogP contribution in [-0.2, 0) is 14.3 Å². The number of ether oxygens (including phenoxy) is 1. The van der Waals surface area contributed by atoms with Crippen LogP contribution in [0.4, 0.5) is 18.0 Å². The van der Waals surface area contributed by atoms with Crippen molar-refractivity contribution in [2.24, 2.45) is 5.92 Å². The van der Waals surface area contributed by atoms with Gasteiger partial charge in [0.25, 0.3) is 0 Å². The van der Waals surface area contributed by atoms with Crippen molar-refractivity contribution < 1.29 is 37.4 Å². The highest BCUT2D eigenvalue weighted by Gasteiger charge is 2.47. The molecule has 7 nitrogen and oxygen atoms in total. The molecule has 2 aliphatic carbocycles. The Kier molecular flexibility index (Phi) is 7.00. The molecule has 1 fully saturated rings. The van der Waals surface area contributed by atoms with E-state index in [1.54, 1.807) is 5.32 Å². The van der Waals surface area contributed by atoms with Gasteiger partial charge in [-0.1, -0.05) is 55.0 Å². The maximum absolute atomic E-state index is 12.9. The predicted octanol–water partition coefficient (Wildman–Crippen LogP) is 4.22. The summed E-state index contributed by atoms with van der Waals surface area (Å²) >= 11 is 0. The van der Waals surface area contributed by atoms with Crippen molar-refractivity contribution in [3.63, 3.8) is 0 Å². The number of aliphatic carboxylic acids is 1. The molecule has 2 aromatic rings. The average Bonchev–Trinajstić information content (AvgIpc) is 3.14. The van der Waals surface area contributed by atoms with Crippen LogP contribution in [0.1, 0.15) is 42.7 Å². The molecule has 0 heterocycles. The van der Waals surface area contributed by atoms with E-state index < -0.39 is 42.1 Å². The second-order valence-corrected chi connectivity index (χ2v) is 8.85. The van der Waals surface area contributed by atoms with Crippen LogP contribution in [0.2, 0.25) is 0 Å². The molecule has 0 bridgehead atoms. The Labute approximate surface area is 199 Å². The summed E-state index contributed by atoms with van der Waals surface area (Å²) < 4.78 is 44.1. The zero-order valence-electron chi connectivity index (χ0n) is 18.7. The second kappa shape index (κ2) is 9.97. The highest BCUT2D eigenvalue weighted by molar-refractivity contribution is 5.85. The zero-order valence-corrected chi connectivity index (χ0v) is 18.7. The molecule has 1 saturated carbocycles. The van der Waals surface area contributed by atoms with Gasteiger partial charge in [0.05, 0.1) is 0 Å². The van der Waals surface area contributed by atoms with Gasteiger partial charge < -0.3 is 20.5 Å². The average molecular weight is 490 g/mol. The second-order valence-electron chi connectivity index (χ2n) is 8.85. The first-order valence-corrected chi connectivity index (χ1v) is 11.4. The lowest BCUT2D eigenvalue weighted by atomic mass is 9.85. The third-order valence-corrected chi connectivity index (χ3v) is 6.57. The largest absolute Gasteiger partial charge is 0.479 e. The molecule has 186 valence electrons. The maximum atomic E-state index is 12.9. The molecule has 2 aliphatic rings. The summed E-state index contributed by atoms with van der Waals surface area (Å²) in [5.41, 5.74) is 4.32. The van der Waals surface area contributed by atoms with E-state index in [9.17, 15) is 27.6 Å². The van der Waals surface area contributed by atoms with Crippen molar-refractivity contribution >= 4 is 18.0 Å². The number of rotatable bonds is 6. The van der Waals surface area contributed by atoms with E-state index in [2.05, 4.69) is 5.32 Å². The van der Waals surface area contributed by atoms with Crippen LogP contribution >= 0.6 is 0 Å². The fourth-order valence-corrected chi connectivity index (χ4v) is 4.91. The monoisotopic (exact) mass is 490 g/mol. The number of fused-ring (bicyclic) bond motifs is 3. The first kappa shape index (κ1) is 24.6. The predicted molar refractivity (Wildman–Crippen MR) is 120 cm³/mol. The Balaban J connectivity index is 1.33. The third-order valence-electron chi connectivity index (χ3n) is 6.57. The number of amides is 2. The Bertz CT molecular complexity index is 1070. The molecule has 0 spiro atoms. The number of hydrogen-bond acceptors (Lipinski definition) is 4. The Hall–Kier alpha value is -3.56. The third kappa shape index (κ3) is 5.41. The maximum Gasteiger partial charge on any atom is 0.419 e. The number of carboxylic acids is 1. The fourth-order valence-electron chi connectivity index (χ4n) is 4.91. The zero-order chi connectivity index (χ0) is 25.2. The molecule has 2 aromatic carbocycles. The van der Waals surface area contributed by atoms with Crippen molar-refractivity contribution in [2.75, 3.05) is 6.61 Å². The number of benzene rings is 2. The van der Waals surface area contributed by atoms with Crippen molar-refractivity contribution in [3.05, 3.63) is 59.7 Å². The number of halogens is 3. The fraction of sp³-hybridized carbons (Fsp3) is 0.400. The van der Waals surface area contributed by atoms with Crippen LogP contribution in [-0.4, -0.2) is 47.9 Å².